The molecule has 0 bridgehead atoms. The molecule has 23 heavy (non-hydrogen) atoms. The van der Waals surface area contributed by atoms with Crippen molar-refractivity contribution in [2.75, 3.05) is 6.61 Å². The van der Waals surface area contributed by atoms with E-state index in [-0.39, 0.29) is 23.0 Å². The molecule has 0 aliphatic heterocycles. The maximum absolute atomic E-state index is 12.5. The summed E-state index contributed by atoms with van der Waals surface area (Å²) in [6.07, 6.45) is 0.469. The Bertz CT molecular complexity index is 592. The molecule has 0 heterocycles. The van der Waals surface area contributed by atoms with Crippen LogP contribution in [0.3, 0.4) is 0 Å². The van der Waals surface area contributed by atoms with E-state index in [1.54, 1.807) is 0 Å². The van der Waals surface area contributed by atoms with Gasteiger partial charge in [-0.2, -0.15) is 0 Å². The van der Waals surface area contributed by atoms with Crippen molar-refractivity contribution in [3.05, 3.63) is 33.8 Å². The summed E-state index contributed by atoms with van der Waals surface area (Å²) in [4.78, 5) is 12.5. The highest BCUT2D eigenvalue weighted by atomic mass is 79.9. The van der Waals surface area contributed by atoms with Gasteiger partial charge in [0.15, 0.2) is 8.32 Å². The molecule has 0 amide bonds. The molecule has 0 saturated carbocycles. The molecule has 1 aliphatic rings. The highest BCUT2D eigenvalue weighted by Gasteiger charge is 2.46. The molecule has 2 rings (SSSR count). The monoisotopic (exact) mass is 398 g/mol. The largest absolute Gasteiger partial charge is 0.466 e. The molecule has 0 aromatic heterocycles. The standard InChI is InChI=1S/C18H27BrO3Si/c1-7-21-17(20)14-11-13-12(9-8-10-15(13)19)16(14)22-23(5,6)18(2,3)4/h8-10,14,16H,7,11H2,1-6H3/t14-,16-/m1/s1. The fourth-order valence-electron chi connectivity index (χ4n) is 2.70. The molecule has 0 N–H and O–H groups in total. The van der Waals surface area contributed by atoms with Crippen molar-refractivity contribution >= 4 is 30.2 Å². The van der Waals surface area contributed by atoms with Crippen LogP contribution in [0.25, 0.3) is 0 Å². The van der Waals surface area contributed by atoms with Gasteiger partial charge in [0.25, 0.3) is 0 Å². The number of esters is 1. The Kier molecular flexibility index (Phi) is 5.43. The van der Waals surface area contributed by atoms with Gasteiger partial charge in [-0.15, -0.1) is 0 Å². The van der Waals surface area contributed by atoms with Crippen molar-refractivity contribution < 1.29 is 14.0 Å². The van der Waals surface area contributed by atoms with E-state index in [9.17, 15) is 4.79 Å². The third-order valence-corrected chi connectivity index (χ3v) is 10.3. The highest BCUT2D eigenvalue weighted by Crippen LogP contribution is 2.47. The van der Waals surface area contributed by atoms with E-state index in [4.69, 9.17) is 9.16 Å². The third-order valence-electron chi connectivity index (χ3n) is 5.07. The fraction of sp³-hybridized carbons (Fsp3) is 0.611. The Balaban J connectivity index is 2.39. The molecule has 1 aromatic carbocycles. The number of hydrogen-bond donors (Lipinski definition) is 0. The first-order valence-corrected chi connectivity index (χ1v) is 11.9. The first-order valence-electron chi connectivity index (χ1n) is 8.20. The summed E-state index contributed by atoms with van der Waals surface area (Å²) in [5.41, 5.74) is 2.30. The number of fused-ring (bicyclic) bond motifs is 1. The molecule has 128 valence electrons. The van der Waals surface area contributed by atoms with Gasteiger partial charge in [-0.3, -0.25) is 4.79 Å². The minimum atomic E-state index is -1.99. The van der Waals surface area contributed by atoms with Crippen LogP contribution in [0.4, 0.5) is 0 Å². The van der Waals surface area contributed by atoms with Crippen LogP contribution in [0.5, 0.6) is 0 Å². The van der Waals surface area contributed by atoms with E-state index in [0.29, 0.717) is 13.0 Å². The minimum Gasteiger partial charge on any atom is -0.466 e. The average Bonchev–Trinajstić information content (AvgIpc) is 2.78. The predicted molar refractivity (Wildman–Crippen MR) is 99.0 cm³/mol. The SMILES string of the molecule is CCOC(=O)[C@@H]1Cc2c(Br)cccc2[C@H]1O[Si](C)(C)C(C)(C)C. The summed E-state index contributed by atoms with van der Waals surface area (Å²) in [6.45, 7) is 13.4. The summed E-state index contributed by atoms with van der Waals surface area (Å²) in [5.74, 6) is -0.405. The number of carbonyl (C=O) groups excluding carboxylic acids is 1. The smallest absolute Gasteiger partial charge is 0.312 e. The van der Waals surface area contributed by atoms with Crippen LogP contribution in [0.1, 0.15) is 44.9 Å². The second-order valence-corrected chi connectivity index (χ2v) is 13.3. The molecule has 3 nitrogen and oxygen atoms in total. The summed E-state index contributed by atoms with van der Waals surface area (Å²) < 4.78 is 13.0. The normalized spacial score (nSPS) is 21.2. The Morgan fingerprint density at radius 3 is 2.57 bits per heavy atom. The fourth-order valence-corrected chi connectivity index (χ4v) is 4.52. The highest BCUT2D eigenvalue weighted by molar-refractivity contribution is 9.10. The molecule has 1 aliphatic carbocycles. The quantitative estimate of drug-likeness (QED) is 0.513. The van der Waals surface area contributed by atoms with Crippen molar-refractivity contribution in [3.8, 4) is 0 Å². The number of benzene rings is 1. The number of hydrogen-bond acceptors (Lipinski definition) is 3. The molecule has 0 spiro atoms. The van der Waals surface area contributed by atoms with Crippen LogP contribution in [0.15, 0.2) is 22.7 Å². The molecule has 5 heteroatoms. The average molecular weight is 399 g/mol. The third kappa shape index (κ3) is 3.72. The predicted octanol–water partition coefficient (Wildman–Crippen LogP) is 5.25. The summed E-state index contributed by atoms with van der Waals surface area (Å²) in [6, 6.07) is 6.12. The Labute approximate surface area is 149 Å². The number of rotatable bonds is 4. The van der Waals surface area contributed by atoms with Gasteiger partial charge in [0.2, 0.25) is 0 Å². The molecule has 0 radical (unpaired) electrons. The van der Waals surface area contributed by atoms with Gasteiger partial charge in [-0.1, -0.05) is 48.8 Å². The Morgan fingerprint density at radius 2 is 2.00 bits per heavy atom. The van der Waals surface area contributed by atoms with E-state index in [1.807, 2.05) is 19.1 Å². The number of halogens is 1. The summed E-state index contributed by atoms with van der Waals surface area (Å²) >= 11 is 3.61. The summed E-state index contributed by atoms with van der Waals surface area (Å²) in [7, 11) is -1.99. The zero-order valence-corrected chi connectivity index (χ0v) is 17.5. The minimum absolute atomic E-state index is 0.0982. The molecule has 0 unspecified atom stereocenters. The lowest BCUT2D eigenvalue weighted by atomic mass is 10.0. The van der Waals surface area contributed by atoms with Crippen molar-refractivity contribution in [1.82, 2.24) is 0 Å². The lowest BCUT2D eigenvalue weighted by molar-refractivity contribution is -0.151. The molecule has 2 atom stereocenters. The van der Waals surface area contributed by atoms with Crippen molar-refractivity contribution in [2.24, 2.45) is 5.92 Å². The van der Waals surface area contributed by atoms with Crippen molar-refractivity contribution in [2.45, 2.75) is 58.4 Å². The van der Waals surface area contributed by atoms with Crippen molar-refractivity contribution in [3.63, 3.8) is 0 Å². The summed E-state index contributed by atoms with van der Waals surface area (Å²) in [5, 5.41) is 0.0982. The van der Waals surface area contributed by atoms with Crippen LogP contribution in [-0.4, -0.2) is 20.9 Å². The Hall–Kier alpha value is -0.653. The van der Waals surface area contributed by atoms with E-state index in [1.165, 1.54) is 5.56 Å². The van der Waals surface area contributed by atoms with Crippen LogP contribution in [-0.2, 0) is 20.4 Å². The zero-order chi connectivity index (χ0) is 17.4. The van der Waals surface area contributed by atoms with Crippen LogP contribution in [0.2, 0.25) is 18.1 Å². The second-order valence-electron chi connectivity index (χ2n) is 7.67. The van der Waals surface area contributed by atoms with Gasteiger partial charge in [0.1, 0.15) is 0 Å². The number of carbonyl (C=O) groups is 1. The van der Waals surface area contributed by atoms with E-state index >= 15 is 0 Å². The van der Waals surface area contributed by atoms with Crippen molar-refractivity contribution in [1.29, 1.82) is 0 Å². The molecular weight excluding hydrogens is 372 g/mol. The molecule has 1 aromatic rings. The maximum atomic E-state index is 12.5. The maximum Gasteiger partial charge on any atom is 0.312 e. The van der Waals surface area contributed by atoms with Gasteiger partial charge >= 0.3 is 5.97 Å². The van der Waals surface area contributed by atoms with Gasteiger partial charge in [0, 0.05) is 4.47 Å². The van der Waals surface area contributed by atoms with E-state index in [0.717, 1.165) is 10.0 Å². The molecular formula is C18H27BrO3Si. The topological polar surface area (TPSA) is 35.5 Å². The van der Waals surface area contributed by atoms with Gasteiger partial charge in [-0.05, 0) is 48.7 Å². The number of ether oxygens (including phenoxy) is 1. The van der Waals surface area contributed by atoms with Gasteiger partial charge < -0.3 is 9.16 Å². The van der Waals surface area contributed by atoms with E-state index in [2.05, 4.69) is 55.9 Å². The lowest BCUT2D eigenvalue weighted by Gasteiger charge is -2.39. The lowest BCUT2D eigenvalue weighted by Crippen LogP contribution is -2.43. The zero-order valence-electron chi connectivity index (χ0n) is 14.9. The van der Waals surface area contributed by atoms with E-state index < -0.39 is 8.32 Å². The van der Waals surface area contributed by atoms with Crippen LogP contribution >= 0.6 is 15.9 Å². The second kappa shape index (κ2) is 6.69. The van der Waals surface area contributed by atoms with Crippen LogP contribution < -0.4 is 0 Å². The van der Waals surface area contributed by atoms with Gasteiger partial charge in [0.05, 0.1) is 18.6 Å². The molecule has 0 fully saturated rings. The van der Waals surface area contributed by atoms with Gasteiger partial charge in [-0.25, -0.2) is 0 Å². The van der Waals surface area contributed by atoms with Crippen LogP contribution in [0, 0.1) is 5.92 Å². The molecule has 0 saturated heterocycles. The Morgan fingerprint density at radius 1 is 1.35 bits per heavy atom. The first kappa shape index (κ1) is 18.7. The first-order chi connectivity index (χ1) is 10.6.